The monoisotopic (exact) mass is 398 g/mol. The number of carbonyl (C=O) groups is 2. The molecule has 8 heteroatoms. The van der Waals surface area contributed by atoms with E-state index in [0.29, 0.717) is 22.8 Å². The minimum atomic E-state index is -0.958. The molecule has 28 heavy (non-hydrogen) atoms. The molecule has 0 bridgehead atoms. The van der Waals surface area contributed by atoms with E-state index < -0.39 is 18.0 Å². The first kappa shape index (κ1) is 19.6. The molecule has 0 saturated carbocycles. The largest absolute Gasteiger partial charge is 0.449 e. The molecule has 0 saturated heterocycles. The molecule has 0 aliphatic heterocycles. The van der Waals surface area contributed by atoms with Gasteiger partial charge in [-0.3, -0.25) is 4.79 Å². The van der Waals surface area contributed by atoms with E-state index in [9.17, 15) is 9.59 Å². The van der Waals surface area contributed by atoms with Crippen molar-refractivity contribution in [3.05, 3.63) is 76.8 Å². The van der Waals surface area contributed by atoms with Gasteiger partial charge in [0, 0.05) is 10.7 Å². The van der Waals surface area contributed by atoms with Gasteiger partial charge < -0.3 is 10.1 Å². The van der Waals surface area contributed by atoms with E-state index in [4.69, 9.17) is 16.3 Å². The highest BCUT2D eigenvalue weighted by molar-refractivity contribution is 6.31. The van der Waals surface area contributed by atoms with Gasteiger partial charge in [-0.05, 0) is 49.2 Å². The zero-order valence-electron chi connectivity index (χ0n) is 15.4. The predicted molar refractivity (Wildman–Crippen MR) is 105 cm³/mol. The summed E-state index contributed by atoms with van der Waals surface area (Å²) >= 11 is 5.96. The second-order valence-corrected chi connectivity index (χ2v) is 6.72. The summed E-state index contributed by atoms with van der Waals surface area (Å²) in [6, 6.07) is 12.1. The lowest BCUT2D eigenvalue weighted by molar-refractivity contribution is -0.123. The number of aryl methyl sites for hydroxylation is 1. The number of rotatable bonds is 6. The van der Waals surface area contributed by atoms with E-state index in [1.807, 2.05) is 6.92 Å². The fourth-order valence-corrected chi connectivity index (χ4v) is 2.67. The van der Waals surface area contributed by atoms with Crippen molar-refractivity contribution in [1.82, 2.24) is 14.8 Å². The number of nitrogens with zero attached hydrogens (tertiary/aromatic N) is 3. The van der Waals surface area contributed by atoms with Crippen molar-refractivity contribution in [2.24, 2.45) is 0 Å². The number of aromatic nitrogens is 3. The van der Waals surface area contributed by atoms with Crippen molar-refractivity contribution in [3.8, 4) is 0 Å². The summed E-state index contributed by atoms with van der Waals surface area (Å²) in [5.41, 5.74) is 2.77. The molecule has 144 valence electrons. The highest BCUT2D eigenvalue weighted by Crippen LogP contribution is 2.20. The van der Waals surface area contributed by atoms with Crippen LogP contribution in [0.5, 0.6) is 0 Å². The molecule has 1 amide bonds. The Labute approximate surface area is 167 Å². The third kappa shape index (κ3) is 4.95. The van der Waals surface area contributed by atoms with Gasteiger partial charge in [0.15, 0.2) is 6.10 Å². The number of esters is 1. The van der Waals surface area contributed by atoms with Crippen molar-refractivity contribution in [2.75, 3.05) is 5.32 Å². The van der Waals surface area contributed by atoms with E-state index in [0.717, 1.165) is 11.1 Å². The van der Waals surface area contributed by atoms with E-state index in [1.165, 1.54) is 13.3 Å². The first-order chi connectivity index (χ1) is 13.4. The fourth-order valence-electron chi connectivity index (χ4n) is 2.49. The first-order valence-corrected chi connectivity index (χ1v) is 8.99. The van der Waals surface area contributed by atoms with Gasteiger partial charge in [0.25, 0.3) is 5.91 Å². The van der Waals surface area contributed by atoms with Crippen LogP contribution in [0.15, 0.2) is 55.1 Å². The standard InChI is InChI=1S/C20H19ClN4O3/c1-13-3-8-17(21)9-18(13)24-19(26)14(2)28-20(27)16-6-4-15(5-7-16)10-25-12-22-11-23-25/h3-9,11-12,14H,10H2,1-2H3,(H,24,26). The minimum Gasteiger partial charge on any atom is -0.449 e. The van der Waals surface area contributed by atoms with Crippen LogP contribution >= 0.6 is 11.6 Å². The Morgan fingerprint density at radius 2 is 1.96 bits per heavy atom. The van der Waals surface area contributed by atoms with E-state index >= 15 is 0 Å². The SMILES string of the molecule is Cc1ccc(Cl)cc1NC(=O)C(C)OC(=O)c1ccc(Cn2cncn2)cc1. The number of hydrogen-bond donors (Lipinski definition) is 1. The zero-order chi connectivity index (χ0) is 20.1. The van der Waals surface area contributed by atoms with Crippen molar-refractivity contribution in [1.29, 1.82) is 0 Å². The minimum absolute atomic E-state index is 0.362. The number of amides is 1. The van der Waals surface area contributed by atoms with Crippen LogP contribution in [0.1, 0.15) is 28.4 Å². The lowest BCUT2D eigenvalue weighted by Crippen LogP contribution is -2.30. The van der Waals surface area contributed by atoms with E-state index in [-0.39, 0.29) is 0 Å². The molecule has 1 heterocycles. The Morgan fingerprint density at radius 1 is 1.21 bits per heavy atom. The summed E-state index contributed by atoms with van der Waals surface area (Å²) in [4.78, 5) is 28.5. The Bertz CT molecular complexity index is 972. The molecule has 3 rings (SSSR count). The molecule has 1 aromatic heterocycles. The van der Waals surface area contributed by atoms with Crippen LogP contribution in [-0.4, -0.2) is 32.7 Å². The average Bonchev–Trinajstić information content (AvgIpc) is 3.18. The summed E-state index contributed by atoms with van der Waals surface area (Å²) in [5.74, 6) is -1.00. The number of anilines is 1. The summed E-state index contributed by atoms with van der Waals surface area (Å²) < 4.78 is 6.95. The molecule has 0 fully saturated rings. The maximum atomic E-state index is 12.3. The molecular formula is C20H19ClN4O3. The highest BCUT2D eigenvalue weighted by atomic mass is 35.5. The Hall–Kier alpha value is -3.19. The van der Waals surface area contributed by atoms with Crippen LogP contribution in [0.25, 0.3) is 0 Å². The second kappa shape index (κ2) is 8.67. The lowest BCUT2D eigenvalue weighted by atomic mass is 10.1. The average molecular weight is 399 g/mol. The molecule has 0 aliphatic rings. The topological polar surface area (TPSA) is 86.1 Å². The number of carbonyl (C=O) groups excluding carboxylic acids is 2. The molecule has 0 spiro atoms. The summed E-state index contributed by atoms with van der Waals surface area (Å²) in [6.45, 7) is 3.92. The third-order valence-electron chi connectivity index (χ3n) is 4.11. The van der Waals surface area contributed by atoms with Crippen LogP contribution in [0.2, 0.25) is 5.02 Å². The van der Waals surface area contributed by atoms with E-state index in [1.54, 1.807) is 53.5 Å². The Morgan fingerprint density at radius 3 is 2.64 bits per heavy atom. The number of hydrogen-bond acceptors (Lipinski definition) is 5. The van der Waals surface area contributed by atoms with Gasteiger partial charge in [-0.2, -0.15) is 5.10 Å². The number of ether oxygens (including phenoxy) is 1. The Balaban J connectivity index is 1.58. The quantitative estimate of drug-likeness (QED) is 0.642. The van der Waals surface area contributed by atoms with Gasteiger partial charge in [-0.1, -0.05) is 29.8 Å². The molecule has 1 unspecified atom stereocenters. The number of benzene rings is 2. The molecule has 0 aliphatic carbocycles. The normalized spacial score (nSPS) is 11.7. The van der Waals surface area contributed by atoms with Crippen LogP contribution in [0.4, 0.5) is 5.69 Å². The Kier molecular flexibility index (Phi) is 6.06. The zero-order valence-corrected chi connectivity index (χ0v) is 16.2. The van der Waals surface area contributed by atoms with Crippen molar-refractivity contribution in [2.45, 2.75) is 26.5 Å². The van der Waals surface area contributed by atoms with Gasteiger partial charge >= 0.3 is 5.97 Å². The van der Waals surface area contributed by atoms with E-state index in [2.05, 4.69) is 15.4 Å². The van der Waals surface area contributed by atoms with Crippen LogP contribution < -0.4 is 5.32 Å². The smallest absolute Gasteiger partial charge is 0.338 e. The molecule has 1 atom stereocenters. The summed E-state index contributed by atoms with van der Waals surface area (Å²) in [6.07, 6.45) is 2.12. The molecule has 1 N–H and O–H groups in total. The highest BCUT2D eigenvalue weighted by Gasteiger charge is 2.19. The van der Waals surface area contributed by atoms with Crippen LogP contribution in [0.3, 0.4) is 0 Å². The van der Waals surface area contributed by atoms with Gasteiger partial charge in [-0.15, -0.1) is 0 Å². The van der Waals surface area contributed by atoms with Crippen molar-refractivity contribution >= 4 is 29.2 Å². The maximum absolute atomic E-state index is 12.3. The number of halogens is 1. The predicted octanol–water partition coefficient (Wildman–Crippen LogP) is 3.47. The second-order valence-electron chi connectivity index (χ2n) is 6.29. The van der Waals surface area contributed by atoms with Gasteiger partial charge in [-0.25, -0.2) is 14.5 Å². The van der Waals surface area contributed by atoms with Gasteiger partial charge in [0.05, 0.1) is 12.1 Å². The molecule has 3 aromatic rings. The maximum Gasteiger partial charge on any atom is 0.338 e. The number of nitrogens with one attached hydrogen (secondary N) is 1. The van der Waals surface area contributed by atoms with Crippen molar-refractivity contribution < 1.29 is 14.3 Å². The first-order valence-electron chi connectivity index (χ1n) is 8.62. The molecule has 7 nitrogen and oxygen atoms in total. The van der Waals surface area contributed by atoms with Crippen molar-refractivity contribution in [3.63, 3.8) is 0 Å². The summed E-state index contributed by atoms with van der Waals surface area (Å²) in [7, 11) is 0. The molecular weight excluding hydrogens is 380 g/mol. The van der Waals surface area contributed by atoms with Crippen LogP contribution in [0, 0.1) is 6.92 Å². The molecule has 2 aromatic carbocycles. The third-order valence-corrected chi connectivity index (χ3v) is 4.35. The fraction of sp³-hybridized carbons (Fsp3) is 0.200. The molecule has 0 radical (unpaired) electrons. The van der Waals surface area contributed by atoms with Crippen LogP contribution in [-0.2, 0) is 16.1 Å². The van der Waals surface area contributed by atoms with Gasteiger partial charge in [0.2, 0.25) is 0 Å². The van der Waals surface area contributed by atoms with Gasteiger partial charge in [0.1, 0.15) is 12.7 Å². The lowest BCUT2D eigenvalue weighted by Gasteiger charge is -2.15. The summed E-state index contributed by atoms with van der Waals surface area (Å²) in [5, 5.41) is 7.27.